The van der Waals surface area contributed by atoms with Crippen molar-refractivity contribution in [3.63, 3.8) is 0 Å². The third-order valence-corrected chi connectivity index (χ3v) is 2.70. The van der Waals surface area contributed by atoms with Crippen molar-refractivity contribution < 1.29 is 4.74 Å². The van der Waals surface area contributed by atoms with Crippen LogP contribution in [0.1, 0.15) is 38.3 Å². The van der Waals surface area contributed by atoms with Gasteiger partial charge in [-0.3, -0.25) is 0 Å². The lowest BCUT2D eigenvalue weighted by Gasteiger charge is -2.17. The van der Waals surface area contributed by atoms with Crippen molar-refractivity contribution in [3.05, 3.63) is 29.8 Å². The maximum absolute atomic E-state index is 5.16. The van der Waals surface area contributed by atoms with Gasteiger partial charge in [0.25, 0.3) is 0 Å². The molecule has 2 heteroatoms. The van der Waals surface area contributed by atoms with Crippen LogP contribution in [0.3, 0.4) is 0 Å². The van der Waals surface area contributed by atoms with Crippen LogP contribution < -0.4 is 10.1 Å². The summed E-state index contributed by atoms with van der Waals surface area (Å²) < 4.78 is 5.16. The van der Waals surface area contributed by atoms with E-state index < -0.39 is 0 Å². The third kappa shape index (κ3) is 4.50. The summed E-state index contributed by atoms with van der Waals surface area (Å²) in [5, 5.41) is 3.49. The molecule has 0 aromatic heterocycles. The Bertz CT molecular complexity index is 372. The van der Waals surface area contributed by atoms with E-state index in [-0.39, 0.29) is 0 Å². The van der Waals surface area contributed by atoms with Crippen LogP contribution in [-0.2, 0) is 0 Å². The maximum Gasteiger partial charge on any atom is 0.118 e. The van der Waals surface area contributed by atoms with Crippen molar-refractivity contribution in [3.8, 4) is 17.6 Å². The van der Waals surface area contributed by atoms with E-state index in [4.69, 9.17) is 4.74 Å². The molecule has 1 atom stereocenters. The van der Waals surface area contributed by atoms with Crippen molar-refractivity contribution in [1.29, 1.82) is 0 Å². The minimum absolute atomic E-state index is 0.381. The molecule has 0 fully saturated rings. The number of rotatable bonds is 6. The van der Waals surface area contributed by atoms with Crippen LogP contribution in [0.25, 0.3) is 0 Å². The number of hydrogen-bond donors (Lipinski definition) is 1. The molecule has 1 N–H and O–H groups in total. The second kappa shape index (κ2) is 7.76. The zero-order chi connectivity index (χ0) is 12.5. The largest absolute Gasteiger partial charge is 0.497 e. The van der Waals surface area contributed by atoms with Gasteiger partial charge in [-0.15, -0.1) is 11.8 Å². The Morgan fingerprint density at radius 1 is 1.29 bits per heavy atom. The number of hydrogen-bond acceptors (Lipinski definition) is 2. The van der Waals surface area contributed by atoms with E-state index in [0.29, 0.717) is 6.04 Å². The number of methoxy groups -OCH3 is 1. The third-order valence-electron chi connectivity index (χ3n) is 2.70. The highest BCUT2D eigenvalue weighted by atomic mass is 16.5. The molecule has 0 spiro atoms. The molecule has 1 aromatic rings. The predicted molar refractivity (Wildman–Crippen MR) is 72.1 cm³/mol. The van der Waals surface area contributed by atoms with Crippen LogP contribution in [-0.4, -0.2) is 13.7 Å². The number of benzene rings is 1. The fraction of sp³-hybridized carbons (Fsp3) is 0.467. The molecular weight excluding hydrogens is 210 g/mol. The average molecular weight is 231 g/mol. The summed E-state index contributed by atoms with van der Waals surface area (Å²) in [5.74, 6) is 6.95. The van der Waals surface area contributed by atoms with Gasteiger partial charge < -0.3 is 10.1 Å². The van der Waals surface area contributed by atoms with E-state index in [2.05, 4.69) is 36.2 Å². The van der Waals surface area contributed by atoms with Crippen molar-refractivity contribution in [2.24, 2.45) is 0 Å². The summed E-state index contributed by atoms with van der Waals surface area (Å²) in [6.45, 7) is 4.98. The predicted octanol–water partition coefficient (Wildman–Crippen LogP) is 3.15. The van der Waals surface area contributed by atoms with E-state index in [1.165, 1.54) is 5.56 Å². The Kier molecular flexibility index (Phi) is 6.21. The number of ether oxygens (including phenoxy) is 1. The molecule has 0 aliphatic rings. The van der Waals surface area contributed by atoms with Gasteiger partial charge in [0.05, 0.1) is 7.11 Å². The molecule has 92 valence electrons. The van der Waals surface area contributed by atoms with Crippen molar-refractivity contribution in [1.82, 2.24) is 5.32 Å². The lowest BCUT2D eigenvalue weighted by atomic mass is 10.0. The first-order valence-corrected chi connectivity index (χ1v) is 6.08. The Morgan fingerprint density at radius 3 is 2.53 bits per heavy atom. The summed E-state index contributed by atoms with van der Waals surface area (Å²) in [6, 6.07) is 8.62. The fourth-order valence-electron chi connectivity index (χ4n) is 1.81. The molecule has 1 aromatic carbocycles. The Balaban J connectivity index is 2.69. The second-order valence-corrected chi connectivity index (χ2v) is 3.85. The van der Waals surface area contributed by atoms with E-state index in [1.54, 1.807) is 7.11 Å². The van der Waals surface area contributed by atoms with Crippen LogP contribution in [0.2, 0.25) is 0 Å². The van der Waals surface area contributed by atoms with Gasteiger partial charge in [0.15, 0.2) is 0 Å². The van der Waals surface area contributed by atoms with E-state index >= 15 is 0 Å². The average Bonchev–Trinajstić information content (AvgIpc) is 2.38. The van der Waals surface area contributed by atoms with Gasteiger partial charge >= 0.3 is 0 Å². The minimum Gasteiger partial charge on any atom is -0.497 e. The van der Waals surface area contributed by atoms with E-state index in [9.17, 15) is 0 Å². The van der Waals surface area contributed by atoms with Crippen molar-refractivity contribution in [2.75, 3.05) is 13.7 Å². The van der Waals surface area contributed by atoms with E-state index in [1.807, 2.05) is 19.1 Å². The molecule has 0 radical (unpaired) electrons. The maximum atomic E-state index is 5.16. The molecule has 0 saturated heterocycles. The first-order valence-electron chi connectivity index (χ1n) is 6.08. The summed E-state index contributed by atoms with van der Waals surface area (Å²) in [4.78, 5) is 0. The highest BCUT2D eigenvalue weighted by molar-refractivity contribution is 5.29. The molecule has 1 rings (SSSR count). The quantitative estimate of drug-likeness (QED) is 0.759. The Hall–Kier alpha value is -1.46. The Morgan fingerprint density at radius 2 is 2.00 bits per heavy atom. The Labute approximate surface area is 104 Å². The van der Waals surface area contributed by atoms with Crippen LogP contribution in [0.5, 0.6) is 5.75 Å². The molecule has 0 heterocycles. The molecule has 0 aliphatic heterocycles. The van der Waals surface area contributed by atoms with Crippen LogP contribution in [0, 0.1) is 11.8 Å². The highest BCUT2D eigenvalue weighted by Crippen LogP contribution is 2.21. The second-order valence-electron chi connectivity index (χ2n) is 3.85. The van der Waals surface area contributed by atoms with E-state index in [0.717, 1.165) is 25.1 Å². The minimum atomic E-state index is 0.381. The van der Waals surface area contributed by atoms with Gasteiger partial charge in [-0.2, -0.15) is 0 Å². The summed E-state index contributed by atoms with van der Waals surface area (Å²) >= 11 is 0. The van der Waals surface area contributed by atoms with Gasteiger partial charge in [0, 0.05) is 12.5 Å². The summed E-state index contributed by atoms with van der Waals surface area (Å²) in [6.07, 6.45) is 1.97. The lowest BCUT2D eigenvalue weighted by molar-refractivity contribution is 0.414. The zero-order valence-electron chi connectivity index (χ0n) is 10.9. The zero-order valence-corrected chi connectivity index (χ0v) is 10.9. The molecule has 17 heavy (non-hydrogen) atoms. The van der Waals surface area contributed by atoms with Crippen molar-refractivity contribution in [2.45, 2.75) is 32.7 Å². The molecule has 1 unspecified atom stereocenters. The molecule has 0 aliphatic carbocycles. The molecule has 2 nitrogen and oxygen atoms in total. The van der Waals surface area contributed by atoms with Crippen molar-refractivity contribution >= 4 is 0 Å². The van der Waals surface area contributed by atoms with Gasteiger partial charge in [-0.1, -0.05) is 19.1 Å². The van der Waals surface area contributed by atoms with Crippen LogP contribution >= 0.6 is 0 Å². The standard InChI is InChI=1S/C15H21NO/c1-4-6-7-8-15(16-5-2)13-9-11-14(17-3)12-10-13/h9-12,15-16H,5,7-8H2,1-3H3. The first-order chi connectivity index (χ1) is 8.31. The van der Waals surface area contributed by atoms with Gasteiger partial charge in [-0.25, -0.2) is 0 Å². The fourth-order valence-corrected chi connectivity index (χ4v) is 1.81. The monoisotopic (exact) mass is 231 g/mol. The SMILES string of the molecule is CC#CCCC(NCC)c1ccc(OC)cc1. The summed E-state index contributed by atoms with van der Waals surface area (Å²) in [5.41, 5.74) is 1.30. The normalized spacial score (nSPS) is 11.5. The molecule has 0 bridgehead atoms. The van der Waals surface area contributed by atoms with Gasteiger partial charge in [0.1, 0.15) is 5.75 Å². The molecule has 0 amide bonds. The van der Waals surface area contributed by atoms with Crippen LogP contribution in [0.15, 0.2) is 24.3 Å². The topological polar surface area (TPSA) is 21.3 Å². The lowest BCUT2D eigenvalue weighted by Crippen LogP contribution is -2.20. The van der Waals surface area contributed by atoms with Gasteiger partial charge in [-0.05, 0) is 37.6 Å². The highest BCUT2D eigenvalue weighted by Gasteiger charge is 2.09. The first kappa shape index (κ1) is 13.6. The smallest absolute Gasteiger partial charge is 0.118 e. The number of nitrogens with one attached hydrogen (secondary N) is 1. The van der Waals surface area contributed by atoms with Gasteiger partial charge in [0.2, 0.25) is 0 Å². The van der Waals surface area contributed by atoms with Crippen LogP contribution in [0.4, 0.5) is 0 Å². The molecular formula is C15H21NO. The molecule has 0 saturated carbocycles. The summed E-state index contributed by atoms with van der Waals surface area (Å²) in [7, 11) is 1.69.